The molecule has 0 aliphatic carbocycles. The number of amides is 1. The predicted molar refractivity (Wildman–Crippen MR) is 104 cm³/mol. The van der Waals surface area contributed by atoms with Crippen molar-refractivity contribution < 1.29 is 14.6 Å². The zero-order chi connectivity index (χ0) is 19.1. The maximum Gasteiger partial charge on any atom is 0.207 e. The van der Waals surface area contributed by atoms with Crippen LogP contribution in [0, 0.1) is 11.8 Å². The Labute approximate surface area is 154 Å². The van der Waals surface area contributed by atoms with Gasteiger partial charge in [0.25, 0.3) is 0 Å². The van der Waals surface area contributed by atoms with Crippen LogP contribution in [0.1, 0.15) is 59.4 Å². The second-order valence-corrected chi connectivity index (χ2v) is 6.49. The summed E-state index contributed by atoms with van der Waals surface area (Å²) in [7, 11) is 0. The molecular weight excluding hydrogens is 314 g/mol. The molecule has 0 saturated heterocycles. The minimum Gasteiger partial charge on any atom is -0.391 e. The molecule has 0 aliphatic heterocycles. The monoisotopic (exact) mass is 351 g/mol. The Morgan fingerprint density at radius 2 is 1.84 bits per heavy atom. The zero-order valence-corrected chi connectivity index (χ0v) is 16.6. The summed E-state index contributed by atoms with van der Waals surface area (Å²) in [6.07, 6.45) is 2.50. The molecular formula is C21H37NO3. The fourth-order valence-electron chi connectivity index (χ4n) is 2.69. The first kappa shape index (κ1) is 23.6. The number of aliphatic hydroxyl groups is 1. The van der Waals surface area contributed by atoms with Crippen LogP contribution in [0.4, 0.5) is 0 Å². The van der Waals surface area contributed by atoms with E-state index in [1.807, 2.05) is 44.2 Å². The van der Waals surface area contributed by atoms with E-state index in [1.54, 1.807) is 0 Å². The molecule has 25 heavy (non-hydrogen) atoms. The summed E-state index contributed by atoms with van der Waals surface area (Å²) in [5, 5.41) is 13.2. The first-order valence-corrected chi connectivity index (χ1v) is 9.57. The fraction of sp³-hybridized carbons (Fsp3) is 0.667. The van der Waals surface area contributed by atoms with Crippen LogP contribution >= 0.6 is 0 Å². The lowest BCUT2D eigenvalue weighted by Gasteiger charge is -2.28. The average Bonchev–Trinajstić information content (AvgIpc) is 2.63. The molecule has 0 radical (unpaired) electrons. The van der Waals surface area contributed by atoms with Crippen LogP contribution < -0.4 is 5.32 Å². The third-order valence-corrected chi connectivity index (χ3v) is 4.28. The molecule has 0 bridgehead atoms. The molecule has 0 aliphatic rings. The van der Waals surface area contributed by atoms with Gasteiger partial charge < -0.3 is 15.2 Å². The van der Waals surface area contributed by atoms with Crippen molar-refractivity contribution in [2.45, 2.75) is 72.6 Å². The van der Waals surface area contributed by atoms with Crippen molar-refractivity contribution in [1.82, 2.24) is 5.32 Å². The summed E-state index contributed by atoms with van der Waals surface area (Å²) < 4.78 is 5.84. The highest BCUT2D eigenvalue weighted by Gasteiger charge is 2.24. The van der Waals surface area contributed by atoms with Crippen molar-refractivity contribution in [1.29, 1.82) is 0 Å². The highest BCUT2D eigenvalue weighted by atomic mass is 16.5. The molecule has 0 heterocycles. The van der Waals surface area contributed by atoms with Crippen molar-refractivity contribution in [2.24, 2.45) is 11.8 Å². The summed E-state index contributed by atoms with van der Waals surface area (Å²) in [4.78, 5) is 10.7. The summed E-state index contributed by atoms with van der Waals surface area (Å²) in [6.45, 7) is 11.5. The van der Waals surface area contributed by atoms with Gasteiger partial charge in [-0.25, -0.2) is 0 Å². The smallest absolute Gasteiger partial charge is 0.207 e. The minimum absolute atomic E-state index is 0.173. The van der Waals surface area contributed by atoms with Crippen LogP contribution in [0.3, 0.4) is 0 Å². The Balaban J connectivity index is 0.00000277. The molecule has 3 unspecified atom stereocenters. The van der Waals surface area contributed by atoms with Crippen molar-refractivity contribution >= 4 is 6.41 Å². The van der Waals surface area contributed by atoms with Gasteiger partial charge in [0.1, 0.15) is 0 Å². The number of nitrogens with one attached hydrogen (secondary N) is 1. The van der Waals surface area contributed by atoms with Gasteiger partial charge in [-0.3, -0.25) is 4.79 Å². The Bertz CT molecular complexity index is 422. The van der Waals surface area contributed by atoms with E-state index >= 15 is 0 Å². The van der Waals surface area contributed by atoms with Gasteiger partial charge in [0.15, 0.2) is 0 Å². The van der Waals surface area contributed by atoms with Gasteiger partial charge in [-0.15, -0.1) is 0 Å². The van der Waals surface area contributed by atoms with E-state index in [1.165, 1.54) is 0 Å². The highest BCUT2D eigenvalue weighted by Crippen LogP contribution is 2.21. The van der Waals surface area contributed by atoms with Gasteiger partial charge in [-0.2, -0.15) is 0 Å². The second kappa shape index (κ2) is 14.9. The Morgan fingerprint density at radius 3 is 2.36 bits per heavy atom. The molecule has 144 valence electrons. The van der Waals surface area contributed by atoms with E-state index in [0.717, 1.165) is 18.4 Å². The minimum atomic E-state index is -0.534. The summed E-state index contributed by atoms with van der Waals surface area (Å²) in [5.74, 6) is 0.681. The first-order chi connectivity index (χ1) is 12.1. The van der Waals surface area contributed by atoms with E-state index in [4.69, 9.17) is 4.74 Å². The Hall–Kier alpha value is -1.39. The topological polar surface area (TPSA) is 58.6 Å². The predicted octanol–water partition coefficient (Wildman–Crippen LogP) is 4.17. The lowest BCUT2D eigenvalue weighted by Crippen LogP contribution is -2.41. The molecule has 0 fully saturated rings. The fourth-order valence-corrected chi connectivity index (χ4v) is 2.69. The van der Waals surface area contributed by atoms with Gasteiger partial charge in [-0.05, 0) is 30.2 Å². The lowest BCUT2D eigenvalue weighted by atomic mass is 9.88. The van der Waals surface area contributed by atoms with Gasteiger partial charge in [0.2, 0.25) is 6.41 Å². The quantitative estimate of drug-likeness (QED) is 0.556. The normalized spacial score (nSPS) is 14.2. The average molecular weight is 352 g/mol. The number of hydrogen-bond donors (Lipinski definition) is 2. The van der Waals surface area contributed by atoms with E-state index in [0.29, 0.717) is 32.0 Å². The highest BCUT2D eigenvalue weighted by molar-refractivity contribution is 5.46. The van der Waals surface area contributed by atoms with Crippen LogP contribution in [-0.2, 0) is 16.1 Å². The SMILES string of the molecule is CC.CCCC(NC=O)C(O)CC(COCc1ccccc1)C(C)C. The summed E-state index contributed by atoms with van der Waals surface area (Å²) in [6, 6.07) is 9.92. The van der Waals surface area contributed by atoms with Gasteiger partial charge in [-0.1, -0.05) is 71.4 Å². The molecule has 0 saturated carbocycles. The molecule has 1 aromatic rings. The number of benzene rings is 1. The van der Waals surface area contributed by atoms with E-state index < -0.39 is 6.10 Å². The van der Waals surface area contributed by atoms with Crippen molar-refractivity contribution in [2.75, 3.05) is 6.61 Å². The number of rotatable bonds is 12. The maximum atomic E-state index is 10.7. The van der Waals surface area contributed by atoms with Crippen LogP contribution in [0.5, 0.6) is 0 Å². The van der Waals surface area contributed by atoms with Crippen LogP contribution in [0.15, 0.2) is 30.3 Å². The number of carbonyl (C=O) groups excluding carboxylic acids is 1. The standard InChI is InChI=1S/C19H31NO3.C2H6/c1-4-8-18(20-14-21)19(22)11-17(15(2)3)13-23-12-16-9-6-5-7-10-16;1-2/h5-7,9-10,14-15,17-19,22H,4,8,11-13H2,1-3H3,(H,20,21);1-2H3. The molecule has 4 heteroatoms. The van der Waals surface area contributed by atoms with Crippen LogP contribution in [0.25, 0.3) is 0 Å². The van der Waals surface area contributed by atoms with E-state index in [2.05, 4.69) is 26.1 Å². The molecule has 2 N–H and O–H groups in total. The Kier molecular flexibility index (Phi) is 14.1. The van der Waals surface area contributed by atoms with Gasteiger partial charge in [0.05, 0.1) is 25.4 Å². The zero-order valence-electron chi connectivity index (χ0n) is 16.6. The molecule has 1 amide bonds. The van der Waals surface area contributed by atoms with E-state index in [-0.39, 0.29) is 12.0 Å². The van der Waals surface area contributed by atoms with Crippen LogP contribution in [-0.4, -0.2) is 30.3 Å². The third kappa shape index (κ3) is 10.3. The molecule has 3 atom stereocenters. The van der Waals surface area contributed by atoms with Gasteiger partial charge in [0, 0.05) is 0 Å². The second-order valence-electron chi connectivity index (χ2n) is 6.49. The third-order valence-electron chi connectivity index (χ3n) is 4.28. The molecule has 0 spiro atoms. The van der Waals surface area contributed by atoms with Crippen molar-refractivity contribution in [3.05, 3.63) is 35.9 Å². The summed E-state index contributed by atoms with van der Waals surface area (Å²) >= 11 is 0. The lowest BCUT2D eigenvalue weighted by molar-refractivity contribution is -0.111. The van der Waals surface area contributed by atoms with Gasteiger partial charge >= 0.3 is 0 Å². The molecule has 1 aromatic carbocycles. The number of aliphatic hydroxyl groups excluding tert-OH is 1. The van der Waals surface area contributed by atoms with Crippen molar-refractivity contribution in [3.8, 4) is 0 Å². The number of carbonyl (C=O) groups is 1. The molecule has 1 rings (SSSR count). The molecule has 0 aromatic heterocycles. The largest absolute Gasteiger partial charge is 0.391 e. The Morgan fingerprint density at radius 1 is 1.20 bits per heavy atom. The number of ether oxygens (including phenoxy) is 1. The van der Waals surface area contributed by atoms with E-state index in [9.17, 15) is 9.90 Å². The summed E-state index contributed by atoms with van der Waals surface area (Å²) in [5.41, 5.74) is 1.15. The number of hydrogen-bond acceptors (Lipinski definition) is 3. The maximum absolute atomic E-state index is 10.7. The molecule has 4 nitrogen and oxygen atoms in total. The first-order valence-electron chi connectivity index (χ1n) is 9.57. The van der Waals surface area contributed by atoms with Crippen LogP contribution in [0.2, 0.25) is 0 Å². The van der Waals surface area contributed by atoms with Crippen molar-refractivity contribution in [3.63, 3.8) is 0 Å².